The fourth-order valence-electron chi connectivity index (χ4n) is 1.81. The van der Waals surface area contributed by atoms with E-state index in [1.165, 1.54) is 7.11 Å². The van der Waals surface area contributed by atoms with E-state index in [0.717, 1.165) is 17.7 Å². The van der Waals surface area contributed by atoms with Crippen LogP contribution in [0.15, 0.2) is 18.2 Å². The lowest BCUT2D eigenvalue weighted by atomic mass is 9.98. The molecule has 1 heterocycles. The summed E-state index contributed by atoms with van der Waals surface area (Å²) in [6.45, 7) is 0. The van der Waals surface area contributed by atoms with Gasteiger partial charge in [-0.05, 0) is 36.6 Å². The van der Waals surface area contributed by atoms with Gasteiger partial charge in [0.1, 0.15) is 11.8 Å². The molecule has 0 fully saturated rings. The highest BCUT2D eigenvalue weighted by Gasteiger charge is 2.24. The Balaban J connectivity index is 2.20. The number of fused-ring (bicyclic) bond motifs is 1. The molecule has 0 saturated heterocycles. The molecule has 1 aliphatic rings. The Morgan fingerprint density at radius 3 is 3.13 bits per heavy atom. The van der Waals surface area contributed by atoms with Crippen molar-refractivity contribution in [2.45, 2.75) is 18.9 Å². The lowest BCUT2D eigenvalue weighted by Crippen LogP contribution is -2.34. The Kier molecular flexibility index (Phi) is 2.49. The summed E-state index contributed by atoms with van der Waals surface area (Å²) in [5, 5.41) is 12.4. The molecule has 0 aliphatic carbocycles. The molecule has 0 amide bonds. The van der Waals surface area contributed by atoms with E-state index in [1.54, 1.807) is 18.2 Å². The number of carbonyl (C=O) groups is 1. The molecule has 1 aromatic rings. The first kappa shape index (κ1) is 9.83. The number of aryl methyl sites for hydroxylation is 1. The number of rotatable bonds is 1. The first-order valence-electron chi connectivity index (χ1n) is 4.87. The van der Waals surface area contributed by atoms with Gasteiger partial charge in [0.15, 0.2) is 0 Å². The Morgan fingerprint density at radius 2 is 2.40 bits per heavy atom. The largest absolute Gasteiger partial charge is 0.508 e. The summed E-state index contributed by atoms with van der Waals surface area (Å²) in [4.78, 5) is 11.3. The number of hydrogen-bond acceptors (Lipinski definition) is 4. The zero-order valence-electron chi connectivity index (χ0n) is 8.49. The first-order chi connectivity index (χ1) is 7.20. The molecule has 2 rings (SSSR count). The van der Waals surface area contributed by atoms with Gasteiger partial charge >= 0.3 is 5.97 Å². The van der Waals surface area contributed by atoms with Crippen molar-refractivity contribution in [3.63, 3.8) is 0 Å². The van der Waals surface area contributed by atoms with E-state index >= 15 is 0 Å². The third kappa shape index (κ3) is 1.88. The minimum Gasteiger partial charge on any atom is -0.508 e. The quantitative estimate of drug-likeness (QED) is 0.538. The number of phenols is 1. The number of carbonyl (C=O) groups excluding carboxylic acids is 1. The van der Waals surface area contributed by atoms with Crippen molar-refractivity contribution in [3.05, 3.63) is 23.8 Å². The smallest absolute Gasteiger partial charge is 0.328 e. The van der Waals surface area contributed by atoms with Gasteiger partial charge in [-0.3, -0.25) is 0 Å². The lowest BCUT2D eigenvalue weighted by molar-refractivity contribution is -0.141. The fraction of sp³-hybridized carbons (Fsp3) is 0.364. The number of nitrogens with one attached hydrogen (secondary N) is 1. The number of ether oxygens (including phenoxy) is 1. The number of phenolic OH excluding ortho intramolecular Hbond substituents is 1. The number of anilines is 1. The zero-order chi connectivity index (χ0) is 10.8. The van der Waals surface area contributed by atoms with Gasteiger partial charge in [-0.1, -0.05) is 0 Å². The average Bonchev–Trinajstić information content (AvgIpc) is 2.27. The third-order valence-corrected chi connectivity index (χ3v) is 2.61. The Morgan fingerprint density at radius 1 is 1.60 bits per heavy atom. The number of methoxy groups -OCH3 is 1. The number of hydrogen-bond donors (Lipinski definition) is 2. The molecule has 0 saturated carbocycles. The van der Waals surface area contributed by atoms with Crippen molar-refractivity contribution < 1.29 is 14.6 Å². The molecule has 4 heteroatoms. The van der Waals surface area contributed by atoms with Crippen molar-refractivity contribution in [3.8, 4) is 5.75 Å². The first-order valence-corrected chi connectivity index (χ1v) is 4.87. The minimum absolute atomic E-state index is 0.242. The number of benzene rings is 1. The van der Waals surface area contributed by atoms with E-state index in [4.69, 9.17) is 0 Å². The van der Waals surface area contributed by atoms with Crippen LogP contribution in [0.5, 0.6) is 5.75 Å². The van der Waals surface area contributed by atoms with E-state index < -0.39 is 0 Å². The molecule has 0 unspecified atom stereocenters. The van der Waals surface area contributed by atoms with Crippen LogP contribution >= 0.6 is 0 Å². The van der Waals surface area contributed by atoms with Crippen LogP contribution in [0.4, 0.5) is 5.69 Å². The maximum atomic E-state index is 11.3. The van der Waals surface area contributed by atoms with E-state index in [-0.39, 0.29) is 17.8 Å². The number of esters is 1. The van der Waals surface area contributed by atoms with Crippen LogP contribution in [-0.2, 0) is 16.0 Å². The van der Waals surface area contributed by atoms with Gasteiger partial charge in [0.25, 0.3) is 0 Å². The summed E-state index contributed by atoms with van der Waals surface area (Å²) in [5.74, 6) is 0.0146. The monoisotopic (exact) mass is 207 g/mol. The maximum Gasteiger partial charge on any atom is 0.328 e. The van der Waals surface area contributed by atoms with Crippen molar-refractivity contribution in [2.24, 2.45) is 0 Å². The Hall–Kier alpha value is -1.71. The topological polar surface area (TPSA) is 58.6 Å². The molecule has 4 nitrogen and oxygen atoms in total. The van der Waals surface area contributed by atoms with Crippen LogP contribution in [-0.4, -0.2) is 24.2 Å². The van der Waals surface area contributed by atoms with Gasteiger partial charge in [0.05, 0.1) is 7.11 Å². The van der Waals surface area contributed by atoms with Gasteiger partial charge in [-0.25, -0.2) is 4.79 Å². The zero-order valence-corrected chi connectivity index (χ0v) is 8.49. The second-order valence-corrected chi connectivity index (χ2v) is 3.60. The molecule has 0 spiro atoms. The highest BCUT2D eigenvalue weighted by Crippen LogP contribution is 2.28. The van der Waals surface area contributed by atoms with Crippen LogP contribution in [0.2, 0.25) is 0 Å². The van der Waals surface area contributed by atoms with Crippen LogP contribution < -0.4 is 5.32 Å². The van der Waals surface area contributed by atoms with Gasteiger partial charge in [0.2, 0.25) is 0 Å². The van der Waals surface area contributed by atoms with Crippen molar-refractivity contribution in [1.29, 1.82) is 0 Å². The predicted molar refractivity (Wildman–Crippen MR) is 55.9 cm³/mol. The highest BCUT2D eigenvalue weighted by atomic mass is 16.5. The highest BCUT2D eigenvalue weighted by molar-refractivity contribution is 5.80. The van der Waals surface area contributed by atoms with Crippen LogP contribution in [0.3, 0.4) is 0 Å². The predicted octanol–water partition coefficient (Wildman–Crippen LogP) is 1.29. The Bertz CT molecular complexity index is 389. The molecule has 0 radical (unpaired) electrons. The van der Waals surface area contributed by atoms with Crippen LogP contribution in [0, 0.1) is 0 Å². The molecule has 15 heavy (non-hydrogen) atoms. The SMILES string of the molecule is COC(=O)[C@H]1CCc2cc(O)ccc2N1. The van der Waals surface area contributed by atoms with Gasteiger partial charge < -0.3 is 15.2 Å². The van der Waals surface area contributed by atoms with Crippen LogP contribution in [0.25, 0.3) is 0 Å². The Labute approximate surface area is 87.9 Å². The standard InChI is InChI=1S/C11H13NO3/c1-15-11(14)10-4-2-7-6-8(13)3-5-9(7)12-10/h3,5-6,10,12-13H,2,4H2,1H3/t10-/m1/s1. The van der Waals surface area contributed by atoms with E-state index in [2.05, 4.69) is 10.1 Å². The maximum absolute atomic E-state index is 11.3. The average molecular weight is 207 g/mol. The lowest BCUT2D eigenvalue weighted by Gasteiger charge is -2.25. The summed E-state index contributed by atoms with van der Waals surface area (Å²) in [6, 6.07) is 4.83. The molecule has 0 aromatic heterocycles. The van der Waals surface area contributed by atoms with Gasteiger partial charge in [0, 0.05) is 5.69 Å². The summed E-state index contributed by atoms with van der Waals surface area (Å²) in [7, 11) is 1.39. The number of aromatic hydroxyl groups is 1. The summed E-state index contributed by atoms with van der Waals surface area (Å²) in [5.41, 5.74) is 1.93. The van der Waals surface area contributed by atoms with E-state index in [9.17, 15) is 9.90 Å². The third-order valence-electron chi connectivity index (χ3n) is 2.61. The molecule has 1 atom stereocenters. The van der Waals surface area contributed by atoms with Crippen molar-refractivity contribution in [1.82, 2.24) is 0 Å². The van der Waals surface area contributed by atoms with Crippen molar-refractivity contribution in [2.75, 3.05) is 12.4 Å². The summed E-state index contributed by atoms with van der Waals surface area (Å²) < 4.78 is 4.68. The molecule has 2 N–H and O–H groups in total. The van der Waals surface area contributed by atoms with E-state index in [1.807, 2.05) is 0 Å². The molecule has 1 aliphatic heterocycles. The molecular formula is C11H13NO3. The molecule has 80 valence electrons. The second-order valence-electron chi connectivity index (χ2n) is 3.60. The fourth-order valence-corrected chi connectivity index (χ4v) is 1.81. The van der Waals surface area contributed by atoms with Crippen molar-refractivity contribution >= 4 is 11.7 Å². The van der Waals surface area contributed by atoms with Crippen LogP contribution in [0.1, 0.15) is 12.0 Å². The summed E-state index contributed by atoms with van der Waals surface area (Å²) in [6.07, 6.45) is 1.47. The minimum atomic E-state index is -0.271. The summed E-state index contributed by atoms with van der Waals surface area (Å²) >= 11 is 0. The molecular weight excluding hydrogens is 194 g/mol. The van der Waals surface area contributed by atoms with E-state index in [0.29, 0.717) is 6.42 Å². The normalized spacial score (nSPS) is 18.9. The molecule has 0 bridgehead atoms. The second kappa shape index (κ2) is 3.81. The van der Waals surface area contributed by atoms with Gasteiger partial charge in [-0.2, -0.15) is 0 Å². The van der Waals surface area contributed by atoms with Gasteiger partial charge in [-0.15, -0.1) is 0 Å². The molecule has 1 aromatic carbocycles.